The highest BCUT2D eigenvalue weighted by Gasteiger charge is 2.12. The number of carbonyl (C=O) groups is 1. The van der Waals surface area contributed by atoms with Gasteiger partial charge in [0.1, 0.15) is 11.4 Å². The number of hydrogen-bond donors (Lipinski definition) is 2. The lowest BCUT2D eigenvalue weighted by molar-refractivity contribution is 0.0953. The first-order valence-electron chi connectivity index (χ1n) is 8.11. The zero-order chi connectivity index (χ0) is 18.0. The average Bonchev–Trinajstić information content (AvgIpc) is 2.60. The summed E-state index contributed by atoms with van der Waals surface area (Å²) in [4.78, 5) is 27.4. The third-order valence-corrected chi connectivity index (χ3v) is 4.41. The molecule has 2 N–H and O–H groups in total. The van der Waals surface area contributed by atoms with Gasteiger partial charge in [-0.3, -0.25) is 9.59 Å². The molecule has 0 radical (unpaired) electrons. The van der Waals surface area contributed by atoms with Crippen LogP contribution < -0.4 is 10.9 Å². The van der Waals surface area contributed by atoms with Gasteiger partial charge in [-0.25, -0.2) is 4.39 Å². The van der Waals surface area contributed by atoms with Gasteiger partial charge in [0.25, 0.3) is 11.5 Å². The first-order chi connectivity index (χ1) is 12.0. The highest BCUT2D eigenvalue weighted by molar-refractivity contribution is 5.97. The summed E-state index contributed by atoms with van der Waals surface area (Å²) in [6.45, 7) is 4.29. The van der Waals surface area contributed by atoms with E-state index in [1.807, 2.05) is 26.0 Å². The number of benzene rings is 2. The molecule has 1 amide bonds. The van der Waals surface area contributed by atoms with Crippen LogP contribution in [0.2, 0.25) is 0 Å². The van der Waals surface area contributed by atoms with Crippen molar-refractivity contribution < 1.29 is 9.18 Å². The van der Waals surface area contributed by atoms with Gasteiger partial charge in [-0.1, -0.05) is 24.3 Å². The van der Waals surface area contributed by atoms with E-state index in [9.17, 15) is 14.0 Å². The van der Waals surface area contributed by atoms with Crippen LogP contribution in [-0.2, 0) is 6.42 Å². The van der Waals surface area contributed by atoms with Crippen molar-refractivity contribution in [3.63, 3.8) is 0 Å². The standard InChI is InChI=1S/C20H19FN2O2/c1-12-3-6-15-11-17(20(25)23-18(15)13(12)2)19(24)22-10-9-14-4-7-16(21)8-5-14/h3-8,11H,9-10H2,1-2H3,(H,22,24)(H,23,25). The molecular formula is C20H19FN2O2. The van der Waals surface area contributed by atoms with Gasteiger partial charge in [0.05, 0.1) is 5.52 Å². The molecule has 1 aromatic heterocycles. The fourth-order valence-electron chi connectivity index (χ4n) is 2.76. The van der Waals surface area contributed by atoms with E-state index >= 15 is 0 Å². The highest BCUT2D eigenvalue weighted by Crippen LogP contribution is 2.18. The second-order valence-electron chi connectivity index (χ2n) is 6.12. The first-order valence-corrected chi connectivity index (χ1v) is 8.11. The number of halogens is 1. The number of pyridine rings is 1. The normalized spacial score (nSPS) is 10.8. The number of fused-ring (bicyclic) bond motifs is 1. The zero-order valence-corrected chi connectivity index (χ0v) is 14.2. The van der Waals surface area contributed by atoms with Gasteiger partial charge >= 0.3 is 0 Å². The lowest BCUT2D eigenvalue weighted by Crippen LogP contribution is -2.31. The van der Waals surface area contributed by atoms with Crippen LogP contribution in [0.4, 0.5) is 4.39 Å². The van der Waals surface area contributed by atoms with Gasteiger partial charge in [-0.2, -0.15) is 0 Å². The average molecular weight is 338 g/mol. The number of carbonyl (C=O) groups excluding carboxylic acids is 1. The largest absolute Gasteiger partial charge is 0.352 e. The lowest BCUT2D eigenvalue weighted by Gasteiger charge is -2.08. The predicted octanol–water partition coefficient (Wildman–Crippen LogP) is 3.26. The van der Waals surface area contributed by atoms with E-state index in [0.717, 1.165) is 27.6 Å². The summed E-state index contributed by atoms with van der Waals surface area (Å²) in [6, 6.07) is 11.6. The molecule has 0 fully saturated rings. The van der Waals surface area contributed by atoms with Crippen molar-refractivity contribution in [2.24, 2.45) is 0 Å². The van der Waals surface area contributed by atoms with Crippen LogP contribution in [0.3, 0.4) is 0 Å². The van der Waals surface area contributed by atoms with Crippen LogP contribution in [0.5, 0.6) is 0 Å². The molecule has 0 saturated carbocycles. The number of aromatic amines is 1. The minimum Gasteiger partial charge on any atom is -0.352 e. The third-order valence-electron chi connectivity index (χ3n) is 4.41. The second-order valence-corrected chi connectivity index (χ2v) is 6.12. The minimum absolute atomic E-state index is 0.0925. The molecule has 5 heteroatoms. The number of hydrogen-bond acceptors (Lipinski definition) is 2. The van der Waals surface area contributed by atoms with E-state index < -0.39 is 11.5 Å². The van der Waals surface area contributed by atoms with E-state index in [1.165, 1.54) is 12.1 Å². The molecule has 0 aliphatic rings. The Hall–Kier alpha value is -2.95. The Bertz CT molecular complexity index is 991. The molecule has 3 rings (SSSR count). The van der Waals surface area contributed by atoms with Crippen LogP contribution in [-0.4, -0.2) is 17.4 Å². The van der Waals surface area contributed by atoms with Crippen molar-refractivity contribution in [3.05, 3.63) is 80.9 Å². The van der Waals surface area contributed by atoms with Gasteiger partial charge in [-0.15, -0.1) is 0 Å². The molecular weight excluding hydrogens is 319 g/mol. The van der Waals surface area contributed by atoms with Crippen molar-refractivity contribution >= 4 is 16.8 Å². The first kappa shape index (κ1) is 16.9. The predicted molar refractivity (Wildman–Crippen MR) is 96.5 cm³/mol. The quantitative estimate of drug-likeness (QED) is 0.767. The molecule has 1 heterocycles. The molecule has 0 atom stereocenters. The van der Waals surface area contributed by atoms with E-state index in [4.69, 9.17) is 0 Å². The lowest BCUT2D eigenvalue weighted by atomic mass is 10.0. The summed E-state index contributed by atoms with van der Waals surface area (Å²) in [7, 11) is 0. The Kier molecular flexibility index (Phi) is 4.65. The van der Waals surface area contributed by atoms with Gasteiger partial charge in [0.2, 0.25) is 0 Å². The molecule has 0 aliphatic heterocycles. The van der Waals surface area contributed by atoms with Crippen LogP contribution >= 0.6 is 0 Å². The van der Waals surface area contributed by atoms with Gasteiger partial charge in [-0.05, 0) is 60.5 Å². The van der Waals surface area contributed by atoms with Crippen LogP contribution in [0.1, 0.15) is 27.0 Å². The zero-order valence-electron chi connectivity index (χ0n) is 14.2. The van der Waals surface area contributed by atoms with E-state index in [0.29, 0.717) is 13.0 Å². The third kappa shape index (κ3) is 3.60. The smallest absolute Gasteiger partial charge is 0.261 e. The summed E-state index contributed by atoms with van der Waals surface area (Å²) in [5.41, 5.74) is 3.45. The molecule has 0 unspecified atom stereocenters. The van der Waals surface area contributed by atoms with Gasteiger partial charge in [0, 0.05) is 6.54 Å². The molecule has 0 saturated heterocycles. The van der Waals surface area contributed by atoms with E-state index in [1.54, 1.807) is 18.2 Å². The number of aromatic nitrogens is 1. The van der Waals surface area contributed by atoms with E-state index in [2.05, 4.69) is 10.3 Å². The number of nitrogens with one attached hydrogen (secondary N) is 2. The molecule has 4 nitrogen and oxygen atoms in total. The molecule has 2 aromatic carbocycles. The molecule has 0 spiro atoms. The SMILES string of the molecule is Cc1ccc2cc(C(=O)NCCc3ccc(F)cc3)c(=O)[nH]c2c1C. The number of amides is 1. The van der Waals surface area contributed by atoms with E-state index in [-0.39, 0.29) is 11.4 Å². The Morgan fingerprint density at radius 1 is 1.12 bits per heavy atom. The Morgan fingerprint density at radius 3 is 2.56 bits per heavy atom. The number of rotatable bonds is 4. The molecule has 25 heavy (non-hydrogen) atoms. The molecule has 128 valence electrons. The maximum Gasteiger partial charge on any atom is 0.261 e. The van der Waals surface area contributed by atoms with Crippen molar-refractivity contribution in [2.45, 2.75) is 20.3 Å². The van der Waals surface area contributed by atoms with Crippen LogP contribution in [0, 0.1) is 19.7 Å². The van der Waals surface area contributed by atoms with Crippen LogP contribution in [0.25, 0.3) is 10.9 Å². The Morgan fingerprint density at radius 2 is 1.84 bits per heavy atom. The minimum atomic E-state index is -0.413. The van der Waals surface area contributed by atoms with Crippen molar-refractivity contribution in [2.75, 3.05) is 6.54 Å². The molecule has 3 aromatic rings. The highest BCUT2D eigenvalue weighted by atomic mass is 19.1. The summed E-state index contributed by atoms with van der Waals surface area (Å²) < 4.78 is 12.9. The summed E-state index contributed by atoms with van der Waals surface area (Å²) in [5, 5.41) is 3.57. The maximum atomic E-state index is 12.9. The van der Waals surface area contributed by atoms with Crippen molar-refractivity contribution in [1.29, 1.82) is 0 Å². The topological polar surface area (TPSA) is 62.0 Å². The number of aryl methyl sites for hydroxylation is 2. The number of H-pyrrole nitrogens is 1. The second kappa shape index (κ2) is 6.89. The monoisotopic (exact) mass is 338 g/mol. The van der Waals surface area contributed by atoms with Crippen LogP contribution in [0.15, 0.2) is 47.3 Å². The fourth-order valence-corrected chi connectivity index (χ4v) is 2.76. The van der Waals surface area contributed by atoms with Gasteiger partial charge in [0.15, 0.2) is 0 Å². The fraction of sp³-hybridized carbons (Fsp3) is 0.200. The summed E-state index contributed by atoms with van der Waals surface area (Å²) >= 11 is 0. The Labute approximate surface area is 144 Å². The van der Waals surface area contributed by atoms with Crippen molar-refractivity contribution in [3.8, 4) is 0 Å². The Balaban J connectivity index is 1.75. The van der Waals surface area contributed by atoms with Gasteiger partial charge < -0.3 is 10.3 Å². The molecule has 0 bridgehead atoms. The summed E-state index contributed by atoms with van der Waals surface area (Å²) in [5.74, 6) is -0.704. The van der Waals surface area contributed by atoms with Crippen molar-refractivity contribution in [1.82, 2.24) is 10.3 Å². The maximum absolute atomic E-state index is 12.9. The summed E-state index contributed by atoms with van der Waals surface area (Å²) in [6.07, 6.45) is 0.565. The molecule has 0 aliphatic carbocycles.